The third-order valence-electron chi connectivity index (χ3n) is 5.01. The van der Waals surface area contributed by atoms with E-state index in [1.807, 2.05) is 30.3 Å². The van der Waals surface area contributed by atoms with E-state index in [-0.39, 0.29) is 18.7 Å². The van der Waals surface area contributed by atoms with E-state index in [2.05, 4.69) is 11.9 Å². The molecule has 25 heavy (non-hydrogen) atoms. The van der Waals surface area contributed by atoms with E-state index in [9.17, 15) is 9.90 Å². The molecule has 0 amide bonds. The number of hydrogen-bond donors (Lipinski definition) is 3. The molecule has 2 aliphatic rings. The Hall–Kier alpha value is -1.32. The lowest BCUT2D eigenvalue weighted by Crippen LogP contribution is -2.43. The molecule has 2 aliphatic heterocycles. The molecule has 1 aromatic rings. The summed E-state index contributed by atoms with van der Waals surface area (Å²) in [7, 11) is 2.17. The first-order valence-corrected chi connectivity index (χ1v) is 9.37. The molecule has 2 unspecified atom stereocenters. The number of aliphatic hydroxyl groups is 1. The van der Waals surface area contributed by atoms with Crippen LogP contribution in [-0.4, -0.2) is 61.1 Å². The second kappa shape index (κ2) is 9.40. The highest BCUT2D eigenvalue weighted by Crippen LogP contribution is 2.36. The highest BCUT2D eigenvalue weighted by atomic mass is 32.2. The zero-order valence-corrected chi connectivity index (χ0v) is 15.0. The number of esters is 1. The van der Waals surface area contributed by atoms with Crippen LogP contribution in [0.4, 0.5) is 0 Å². The van der Waals surface area contributed by atoms with Crippen LogP contribution in [0.3, 0.4) is 0 Å². The standard InChI is InChI=1S/C17H23NO3.H2O3S/c1-18-13-7-8-14(18)10-15(9-13)21-17(20)16(11-19)12-5-3-2-4-6-12;1-4(2)3/h2-6,13-16,19H,7-11H2,1H3;(H2,1,2,3)/t13-,14+,15?,16?;. The Morgan fingerprint density at radius 1 is 1.24 bits per heavy atom. The third-order valence-corrected chi connectivity index (χ3v) is 5.01. The molecule has 0 spiro atoms. The first-order chi connectivity index (χ1) is 11.9. The summed E-state index contributed by atoms with van der Waals surface area (Å²) in [6.45, 7) is -0.206. The summed E-state index contributed by atoms with van der Waals surface area (Å²) in [4.78, 5) is 14.8. The summed E-state index contributed by atoms with van der Waals surface area (Å²) in [5.74, 6) is -0.860. The van der Waals surface area contributed by atoms with Gasteiger partial charge in [-0.2, -0.15) is 4.21 Å². The molecule has 8 heteroatoms. The van der Waals surface area contributed by atoms with Gasteiger partial charge in [0.2, 0.25) is 0 Å². The van der Waals surface area contributed by atoms with Crippen molar-refractivity contribution in [3.63, 3.8) is 0 Å². The minimum Gasteiger partial charge on any atom is -0.462 e. The maximum atomic E-state index is 12.4. The Kier molecular flexibility index (Phi) is 7.52. The average Bonchev–Trinajstić information content (AvgIpc) is 2.78. The van der Waals surface area contributed by atoms with E-state index in [1.165, 1.54) is 12.8 Å². The molecule has 4 atom stereocenters. The maximum absolute atomic E-state index is 12.4. The van der Waals surface area contributed by atoms with Crippen molar-refractivity contribution in [2.75, 3.05) is 13.7 Å². The van der Waals surface area contributed by atoms with Crippen LogP contribution in [0.25, 0.3) is 0 Å². The highest BCUT2D eigenvalue weighted by Gasteiger charge is 2.40. The molecular weight excluding hydrogens is 346 g/mol. The molecule has 2 bridgehead atoms. The van der Waals surface area contributed by atoms with Crippen LogP contribution in [0.15, 0.2) is 30.3 Å². The monoisotopic (exact) mass is 371 g/mol. The molecule has 1 aromatic carbocycles. The van der Waals surface area contributed by atoms with E-state index < -0.39 is 17.3 Å². The topological polar surface area (TPSA) is 107 Å². The second-order valence-electron chi connectivity index (χ2n) is 6.46. The summed E-state index contributed by atoms with van der Waals surface area (Å²) in [6.07, 6.45) is 4.26. The van der Waals surface area contributed by atoms with Crippen molar-refractivity contribution in [3.8, 4) is 0 Å². The van der Waals surface area contributed by atoms with E-state index in [0.717, 1.165) is 18.4 Å². The molecular formula is C17H25NO6S. The van der Waals surface area contributed by atoms with Gasteiger partial charge in [0, 0.05) is 12.1 Å². The van der Waals surface area contributed by atoms with Crippen molar-refractivity contribution >= 4 is 17.3 Å². The molecule has 3 rings (SSSR count). The minimum absolute atomic E-state index is 0.00367. The van der Waals surface area contributed by atoms with Crippen molar-refractivity contribution in [2.45, 2.75) is 49.8 Å². The van der Waals surface area contributed by atoms with Gasteiger partial charge in [0.25, 0.3) is 11.4 Å². The number of carbonyl (C=O) groups is 1. The van der Waals surface area contributed by atoms with Crippen LogP contribution in [0.5, 0.6) is 0 Å². The molecule has 2 heterocycles. The van der Waals surface area contributed by atoms with Crippen molar-refractivity contribution in [1.82, 2.24) is 4.90 Å². The largest absolute Gasteiger partial charge is 0.462 e. The fourth-order valence-electron chi connectivity index (χ4n) is 3.71. The average molecular weight is 371 g/mol. The fourth-order valence-corrected chi connectivity index (χ4v) is 3.71. The molecule has 0 radical (unpaired) electrons. The van der Waals surface area contributed by atoms with Crippen molar-refractivity contribution in [3.05, 3.63) is 35.9 Å². The van der Waals surface area contributed by atoms with E-state index in [0.29, 0.717) is 12.1 Å². The predicted octanol–water partition coefficient (Wildman–Crippen LogP) is 1.61. The molecule has 0 saturated carbocycles. The van der Waals surface area contributed by atoms with Crippen LogP contribution in [-0.2, 0) is 20.9 Å². The van der Waals surface area contributed by atoms with Crippen molar-refractivity contribution in [2.24, 2.45) is 0 Å². The summed E-state index contributed by atoms with van der Waals surface area (Å²) in [6, 6.07) is 10.5. The SMILES string of the molecule is CN1[C@@H]2CC[C@H]1CC(OC(=O)C(CO)c1ccccc1)C2.O=S(O)O. The Morgan fingerprint density at radius 3 is 2.24 bits per heavy atom. The van der Waals surface area contributed by atoms with Gasteiger partial charge in [0.05, 0.1) is 6.61 Å². The van der Waals surface area contributed by atoms with Crippen molar-refractivity contribution < 1.29 is 28.0 Å². The summed E-state index contributed by atoms with van der Waals surface area (Å²) in [5.41, 5.74) is 0.820. The number of piperidine rings is 1. The fraction of sp³-hybridized carbons (Fsp3) is 0.588. The molecule has 3 N–H and O–H groups in total. The van der Waals surface area contributed by atoms with Gasteiger partial charge in [-0.25, -0.2) is 0 Å². The maximum Gasteiger partial charge on any atom is 0.316 e. The Morgan fingerprint density at radius 2 is 1.76 bits per heavy atom. The van der Waals surface area contributed by atoms with Gasteiger partial charge in [0.1, 0.15) is 12.0 Å². The van der Waals surface area contributed by atoms with Crippen LogP contribution < -0.4 is 0 Å². The Balaban J connectivity index is 0.000000511. The van der Waals surface area contributed by atoms with Gasteiger partial charge in [-0.15, -0.1) is 0 Å². The number of hydrogen-bond acceptors (Lipinski definition) is 5. The number of carbonyl (C=O) groups excluding carboxylic acids is 1. The lowest BCUT2D eigenvalue weighted by atomic mass is 9.98. The van der Waals surface area contributed by atoms with Gasteiger partial charge in [-0.05, 0) is 38.3 Å². The summed E-state index contributed by atoms with van der Waals surface area (Å²) >= 11 is -2.61. The molecule has 140 valence electrons. The Labute approximate surface area is 150 Å². The number of aliphatic hydroxyl groups excluding tert-OH is 1. The van der Waals surface area contributed by atoms with Gasteiger partial charge in [0.15, 0.2) is 0 Å². The van der Waals surface area contributed by atoms with Crippen LogP contribution in [0, 0.1) is 0 Å². The van der Waals surface area contributed by atoms with Crippen molar-refractivity contribution in [1.29, 1.82) is 0 Å². The zero-order valence-electron chi connectivity index (χ0n) is 14.2. The second-order valence-corrected chi connectivity index (χ2v) is 6.92. The van der Waals surface area contributed by atoms with Gasteiger partial charge in [-0.1, -0.05) is 30.3 Å². The predicted molar refractivity (Wildman–Crippen MR) is 93.4 cm³/mol. The molecule has 2 saturated heterocycles. The molecule has 0 aromatic heterocycles. The smallest absolute Gasteiger partial charge is 0.316 e. The van der Waals surface area contributed by atoms with E-state index >= 15 is 0 Å². The molecule has 2 fully saturated rings. The molecule has 0 aliphatic carbocycles. The first kappa shape index (κ1) is 20.0. The highest BCUT2D eigenvalue weighted by molar-refractivity contribution is 7.73. The van der Waals surface area contributed by atoms with Gasteiger partial charge >= 0.3 is 5.97 Å². The molecule has 7 nitrogen and oxygen atoms in total. The van der Waals surface area contributed by atoms with Crippen LogP contribution >= 0.6 is 0 Å². The first-order valence-electron chi connectivity index (χ1n) is 8.30. The number of rotatable bonds is 4. The number of nitrogens with zero attached hydrogens (tertiary/aromatic N) is 1. The van der Waals surface area contributed by atoms with Gasteiger partial charge in [-0.3, -0.25) is 13.9 Å². The Bertz CT molecular complexity index is 566. The van der Waals surface area contributed by atoms with E-state index in [4.69, 9.17) is 18.1 Å². The normalized spacial score (nSPS) is 26.7. The van der Waals surface area contributed by atoms with Gasteiger partial charge < -0.3 is 14.7 Å². The minimum atomic E-state index is -2.61. The van der Waals surface area contributed by atoms with E-state index in [1.54, 1.807) is 0 Å². The zero-order chi connectivity index (χ0) is 18.4. The van der Waals surface area contributed by atoms with Crippen LogP contribution in [0.2, 0.25) is 0 Å². The summed E-state index contributed by atoms with van der Waals surface area (Å²) < 4.78 is 28.5. The van der Waals surface area contributed by atoms with Crippen LogP contribution in [0.1, 0.15) is 37.2 Å². The lowest BCUT2D eigenvalue weighted by molar-refractivity contribution is -0.155. The number of benzene rings is 1. The third kappa shape index (κ3) is 5.58. The lowest BCUT2D eigenvalue weighted by Gasteiger charge is -2.36. The summed E-state index contributed by atoms with van der Waals surface area (Å²) in [5, 5.41) is 9.53. The quantitative estimate of drug-likeness (QED) is 0.545. The number of ether oxygens (including phenoxy) is 1. The number of fused-ring (bicyclic) bond motifs is 2.